The van der Waals surface area contributed by atoms with Crippen LogP contribution in [0.5, 0.6) is 0 Å². The highest BCUT2D eigenvalue weighted by molar-refractivity contribution is 5.66. The predicted octanol–water partition coefficient (Wildman–Crippen LogP) is 2.28. The van der Waals surface area contributed by atoms with E-state index in [0.717, 1.165) is 29.9 Å². The molecule has 1 amide bonds. The maximum Gasteiger partial charge on any atom is 0.407 e. The molecule has 2 heterocycles. The molecule has 1 aliphatic heterocycles. The van der Waals surface area contributed by atoms with E-state index in [1.165, 1.54) is 0 Å². The molecule has 1 fully saturated rings. The van der Waals surface area contributed by atoms with Crippen molar-refractivity contribution in [1.82, 2.24) is 9.88 Å². The van der Waals surface area contributed by atoms with Crippen molar-refractivity contribution >= 4 is 11.9 Å². The summed E-state index contributed by atoms with van der Waals surface area (Å²) < 4.78 is 0. The number of pyridine rings is 1. The van der Waals surface area contributed by atoms with Gasteiger partial charge >= 0.3 is 6.09 Å². The number of carbonyl (C=O) groups is 1. The van der Waals surface area contributed by atoms with E-state index in [1.54, 1.807) is 4.90 Å². The fourth-order valence-electron chi connectivity index (χ4n) is 2.69. The monoisotopic (exact) mass is 263 g/mol. The zero-order valence-electron chi connectivity index (χ0n) is 11.8. The zero-order valence-corrected chi connectivity index (χ0v) is 11.8. The van der Waals surface area contributed by atoms with Crippen LogP contribution in [0.4, 0.5) is 10.6 Å². The quantitative estimate of drug-likeness (QED) is 0.889. The Balaban J connectivity index is 2.17. The van der Waals surface area contributed by atoms with Gasteiger partial charge in [-0.3, -0.25) is 0 Å². The highest BCUT2D eigenvalue weighted by Crippen LogP contribution is 2.22. The Kier molecular flexibility index (Phi) is 3.93. The van der Waals surface area contributed by atoms with Crippen LogP contribution in [0.15, 0.2) is 12.3 Å². The minimum absolute atomic E-state index is 0.0498. The van der Waals surface area contributed by atoms with E-state index in [9.17, 15) is 9.90 Å². The number of anilines is 1. The SMILES string of the molecule is CC[C@@H]1CN(c2ncc(C)cc2C)CCN1C(=O)O. The number of carboxylic acid groups (broad SMARTS) is 1. The molecule has 1 aliphatic rings. The molecule has 19 heavy (non-hydrogen) atoms. The Morgan fingerprint density at radius 2 is 2.21 bits per heavy atom. The van der Waals surface area contributed by atoms with Crippen LogP contribution in [0, 0.1) is 13.8 Å². The van der Waals surface area contributed by atoms with E-state index >= 15 is 0 Å². The molecule has 0 aliphatic carbocycles. The highest BCUT2D eigenvalue weighted by atomic mass is 16.4. The maximum absolute atomic E-state index is 11.2. The normalized spacial score (nSPS) is 19.6. The van der Waals surface area contributed by atoms with Gasteiger partial charge in [0, 0.05) is 25.8 Å². The van der Waals surface area contributed by atoms with Gasteiger partial charge in [-0.2, -0.15) is 0 Å². The third-order valence-electron chi connectivity index (χ3n) is 3.69. The van der Waals surface area contributed by atoms with Gasteiger partial charge in [0.15, 0.2) is 0 Å². The molecule has 0 aromatic carbocycles. The maximum atomic E-state index is 11.2. The molecule has 0 bridgehead atoms. The van der Waals surface area contributed by atoms with Gasteiger partial charge in [0.2, 0.25) is 0 Å². The van der Waals surface area contributed by atoms with Crippen molar-refractivity contribution in [2.45, 2.75) is 33.2 Å². The van der Waals surface area contributed by atoms with Gasteiger partial charge in [0.1, 0.15) is 5.82 Å². The average Bonchev–Trinajstić information content (AvgIpc) is 2.37. The van der Waals surface area contributed by atoms with Gasteiger partial charge in [-0.15, -0.1) is 0 Å². The Bertz CT molecular complexity index is 476. The van der Waals surface area contributed by atoms with Gasteiger partial charge in [0.05, 0.1) is 6.04 Å². The summed E-state index contributed by atoms with van der Waals surface area (Å²) in [4.78, 5) is 19.4. The van der Waals surface area contributed by atoms with Crippen LogP contribution >= 0.6 is 0 Å². The van der Waals surface area contributed by atoms with Crippen LogP contribution in [0.25, 0.3) is 0 Å². The van der Waals surface area contributed by atoms with Crippen LogP contribution in [0.1, 0.15) is 24.5 Å². The molecule has 2 rings (SSSR count). The third kappa shape index (κ3) is 2.80. The Hall–Kier alpha value is -1.78. The highest BCUT2D eigenvalue weighted by Gasteiger charge is 2.30. The molecule has 5 nitrogen and oxygen atoms in total. The number of amides is 1. The summed E-state index contributed by atoms with van der Waals surface area (Å²) in [6.45, 7) is 8.09. The molecule has 1 aromatic heterocycles. The van der Waals surface area contributed by atoms with Gasteiger partial charge < -0.3 is 14.9 Å². The van der Waals surface area contributed by atoms with E-state index in [2.05, 4.69) is 22.9 Å². The van der Waals surface area contributed by atoms with Crippen molar-refractivity contribution in [2.75, 3.05) is 24.5 Å². The van der Waals surface area contributed by atoms with Crippen molar-refractivity contribution in [1.29, 1.82) is 0 Å². The van der Waals surface area contributed by atoms with Gasteiger partial charge in [-0.25, -0.2) is 9.78 Å². The van der Waals surface area contributed by atoms with Crippen molar-refractivity contribution in [3.8, 4) is 0 Å². The van der Waals surface area contributed by atoms with Crippen molar-refractivity contribution in [3.63, 3.8) is 0 Å². The second-order valence-electron chi connectivity index (χ2n) is 5.14. The minimum atomic E-state index is -0.819. The first-order valence-corrected chi connectivity index (χ1v) is 6.70. The van der Waals surface area contributed by atoms with Crippen LogP contribution in [0.2, 0.25) is 0 Å². The Labute approximate surface area is 113 Å². The molecule has 1 aromatic rings. The summed E-state index contributed by atoms with van der Waals surface area (Å²) in [7, 11) is 0. The molecular formula is C14H21N3O2. The summed E-state index contributed by atoms with van der Waals surface area (Å²) >= 11 is 0. The fourth-order valence-corrected chi connectivity index (χ4v) is 2.69. The van der Waals surface area contributed by atoms with Gasteiger partial charge in [-0.1, -0.05) is 13.0 Å². The van der Waals surface area contributed by atoms with Crippen molar-refractivity contribution < 1.29 is 9.90 Å². The molecule has 0 radical (unpaired) electrons. The number of piperazine rings is 1. The molecule has 0 spiro atoms. The Morgan fingerprint density at radius 3 is 2.79 bits per heavy atom. The molecule has 0 unspecified atom stereocenters. The van der Waals surface area contributed by atoms with E-state index in [4.69, 9.17) is 0 Å². The first-order valence-electron chi connectivity index (χ1n) is 6.70. The summed E-state index contributed by atoms with van der Waals surface area (Å²) in [6, 6.07) is 2.17. The molecule has 104 valence electrons. The topological polar surface area (TPSA) is 56.7 Å². The van der Waals surface area contributed by atoms with Crippen molar-refractivity contribution in [3.05, 3.63) is 23.4 Å². The van der Waals surface area contributed by atoms with Crippen LogP contribution < -0.4 is 4.90 Å². The standard InChI is InChI=1S/C14H21N3O2/c1-4-12-9-16(5-6-17(12)14(18)19)13-11(3)7-10(2)8-15-13/h7-8,12H,4-6,9H2,1-3H3,(H,18,19)/t12-/m1/s1. The average molecular weight is 263 g/mol. The first kappa shape index (κ1) is 13.6. The van der Waals surface area contributed by atoms with E-state index < -0.39 is 6.09 Å². The molecule has 1 atom stereocenters. The molecular weight excluding hydrogens is 242 g/mol. The molecule has 0 saturated carbocycles. The summed E-state index contributed by atoms with van der Waals surface area (Å²) in [5, 5.41) is 9.18. The fraction of sp³-hybridized carbons (Fsp3) is 0.571. The number of aryl methyl sites for hydroxylation is 2. The summed E-state index contributed by atoms with van der Waals surface area (Å²) in [5.74, 6) is 0.981. The van der Waals surface area contributed by atoms with Crippen LogP contribution in [-0.2, 0) is 0 Å². The number of rotatable bonds is 2. The Morgan fingerprint density at radius 1 is 1.47 bits per heavy atom. The second kappa shape index (κ2) is 5.47. The number of aromatic nitrogens is 1. The summed E-state index contributed by atoms with van der Waals surface area (Å²) in [6.07, 6.45) is 1.88. The predicted molar refractivity (Wildman–Crippen MR) is 74.7 cm³/mol. The van der Waals surface area contributed by atoms with E-state index in [1.807, 2.05) is 20.0 Å². The third-order valence-corrected chi connectivity index (χ3v) is 3.69. The lowest BCUT2D eigenvalue weighted by Gasteiger charge is -2.40. The molecule has 1 saturated heterocycles. The lowest BCUT2D eigenvalue weighted by molar-refractivity contribution is 0.116. The zero-order chi connectivity index (χ0) is 14.0. The number of hydrogen-bond acceptors (Lipinski definition) is 3. The van der Waals surface area contributed by atoms with Gasteiger partial charge in [0.25, 0.3) is 0 Å². The van der Waals surface area contributed by atoms with E-state index in [0.29, 0.717) is 13.1 Å². The van der Waals surface area contributed by atoms with Crippen LogP contribution in [-0.4, -0.2) is 46.8 Å². The summed E-state index contributed by atoms with van der Waals surface area (Å²) in [5.41, 5.74) is 2.30. The second-order valence-corrected chi connectivity index (χ2v) is 5.14. The lowest BCUT2D eigenvalue weighted by Crippen LogP contribution is -2.55. The van der Waals surface area contributed by atoms with Gasteiger partial charge in [-0.05, 0) is 31.4 Å². The lowest BCUT2D eigenvalue weighted by atomic mass is 10.1. The van der Waals surface area contributed by atoms with Crippen LogP contribution in [0.3, 0.4) is 0 Å². The smallest absolute Gasteiger partial charge is 0.407 e. The first-order chi connectivity index (χ1) is 9.02. The molecule has 5 heteroatoms. The number of hydrogen-bond donors (Lipinski definition) is 1. The molecule has 1 N–H and O–H groups in total. The minimum Gasteiger partial charge on any atom is -0.465 e. The van der Waals surface area contributed by atoms with Crippen molar-refractivity contribution in [2.24, 2.45) is 0 Å². The van der Waals surface area contributed by atoms with E-state index in [-0.39, 0.29) is 6.04 Å². The number of nitrogens with zero attached hydrogens (tertiary/aromatic N) is 3. The largest absolute Gasteiger partial charge is 0.465 e.